The zero-order valence-electron chi connectivity index (χ0n) is 18.8. The Kier molecular flexibility index (Phi) is 7.81. The Morgan fingerprint density at radius 2 is 2.06 bits per heavy atom. The molecule has 2 aromatic rings. The van der Waals surface area contributed by atoms with E-state index in [0.717, 1.165) is 24.3 Å². The molecule has 3 rings (SSSR count). The van der Waals surface area contributed by atoms with E-state index in [1.165, 1.54) is 31.2 Å². The summed E-state index contributed by atoms with van der Waals surface area (Å²) in [5.41, 5.74) is 2.57. The van der Waals surface area contributed by atoms with Gasteiger partial charge in [-0.05, 0) is 51.2 Å². The van der Waals surface area contributed by atoms with Gasteiger partial charge >= 0.3 is 6.09 Å². The van der Waals surface area contributed by atoms with Gasteiger partial charge in [0.1, 0.15) is 29.9 Å². The quantitative estimate of drug-likeness (QED) is 0.620. The van der Waals surface area contributed by atoms with Gasteiger partial charge in [-0.2, -0.15) is 0 Å². The molecule has 0 radical (unpaired) electrons. The molecule has 8 nitrogen and oxygen atoms in total. The summed E-state index contributed by atoms with van der Waals surface area (Å²) >= 11 is 0. The third-order valence-corrected chi connectivity index (χ3v) is 5.63. The van der Waals surface area contributed by atoms with Crippen LogP contribution in [0.3, 0.4) is 0 Å². The zero-order chi connectivity index (χ0) is 22.4. The third kappa shape index (κ3) is 5.92. The molecule has 1 atom stereocenters. The number of aryl methyl sites for hydroxylation is 2. The van der Waals surface area contributed by atoms with E-state index in [9.17, 15) is 9.18 Å². The van der Waals surface area contributed by atoms with Crippen molar-refractivity contribution in [3.63, 3.8) is 0 Å². The lowest BCUT2D eigenvalue weighted by Gasteiger charge is -2.23. The van der Waals surface area contributed by atoms with Crippen molar-refractivity contribution in [2.75, 3.05) is 13.6 Å². The van der Waals surface area contributed by atoms with E-state index in [1.807, 2.05) is 19.1 Å². The SMILES string of the molecule is CCC(F)CN(C)C(=O)OCc1c(-c2ccc(OC3CCCCC3)c(C)n2)nnn1C. The molecule has 1 fully saturated rings. The van der Waals surface area contributed by atoms with Crippen molar-refractivity contribution in [1.82, 2.24) is 24.9 Å². The van der Waals surface area contributed by atoms with E-state index in [1.54, 1.807) is 18.7 Å². The van der Waals surface area contributed by atoms with Crippen LogP contribution in [0, 0.1) is 6.92 Å². The number of alkyl halides is 1. The Hall–Kier alpha value is -2.71. The number of ether oxygens (including phenoxy) is 2. The van der Waals surface area contributed by atoms with Gasteiger partial charge in [0.05, 0.1) is 24.0 Å². The van der Waals surface area contributed by atoms with Crippen LogP contribution in [-0.4, -0.2) is 56.8 Å². The van der Waals surface area contributed by atoms with Gasteiger partial charge in [0.25, 0.3) is 0 Å². The van der Waals surface area contributed by atoms with E-state index in [2.05, 4.69) is 15.3 Å². The van der Waals surface area contributed by atoms with Gasteiger partial charge in [0, 0.05) is 14.1 Å². The highest BCUT2D eigenvalue weighted by Gasteiger charge is 2.21. The fourth-order valence-electron chi connectivity index (χ4n) is 3.65. The maximum absolute atomic E-state index is 13.5. The first-order valence-corrected chi connectivity index (χ1v) is 10.9. The summed E-state index contributed by atoms with van der Waals surface area (Å²) in [5.74, 6) is 0.783. The van der Waals surface area contributed by atoms with Crippen LogP contribution in [-0.2, 0) is 18.4 Å². The predicted molar refractivity (Wildman–Crippen MR) is 114 cm³/mol. The summed E-state index contributed by atoms with van der Waals surface area (Å²) in [5, 5.41) is 8.26. The molecule has 31 heavy (non-hydrogen) atoms. The molecule has 9 heteroatoms. The van der Waals surface area contributed by atoms with E-state index in [4.69, 9.17) is 9.47 Å². The first-order valence-electron chi connectivity index (χ1n) is 10.9. The zero-order valence-corrected chi connectivity index (χ0v) is 18.8. The molecule has 0 bridgehead atoms. The third-order valence-electron chi connectivity index (χ3n) is 5.63. The van der Waals surface area contributed by atoms with Gasteiger partial charge < -0.3 is 14.4 Å². The fourth-order valence-corrected chi connectivity index (χ4v) is 3.65. The molecule has 2 aromatic heterocycles. The number of amides is 1. The molecule has 0 aliphatic heterocycles. The van der Waals surface area contributed by atoms with Crippen LogP contribution < -0.4 is 4.74 Å². The monoisotopic (exact) mass is 433 g/mol. The number of halogens is 1. The Bertz CT molecular complexity index is 882. The highest BCUT2D eigenvalue weighted by Crippen LogP contribution is 2.28. The van der Waals surface area contributed by atoms with Crippen LogP contribution in [0.2, 0.25) is 0 Å². The minimum absolute atomic E-state index is 0.00493. The number of pyridine rings is 1. The Morgan fingerprint density at radius 1 is 1.32 bits per heavy atom. The molecule has 1 amide bonds. The summed E-state index contributed by atoms with van der Waals surface area (Å²) < 4.78 is 26.6. The van der Waals surface area contributed by atoms with Gasteiger partial charge in [0.2, 0.25) is 0 Å². The summed E-state index contributed by atoms with van der Waals surface area (Å²) in [7, 11) is 3.24. The van der Waals surface area contributed by atoms with Crippen molar-refractivity contribution in [3.05, 3.63) is 23.5 Å². The molecular formula is C22H32FN5O3. The van der Waals surface area contributed by atoms with Crippen LogP contribution in [0.25, 0.3) is 11.4 Å². The number of carbonyl (C=O) groups is 1. The summed E-state index contributed by atoms with van der Waals surface area (Å²) in [6.07, 6.45) is 4.77. The molecule has 2 heterocycles. The lowest BCUT2D eigenvalue weighted by Crippen LogP contribution is -2.33. The summed E-state index contributed by atoms with van der Waals surface area (Å²) in [4.78, 5) is 18.1. The highest BCUT2D eigenvalue weighted by atomic mass is 19.1. The maximum atomic E-state index is 13.5. The van der Waals surface area contributed by atoms with Gasteiger partial charge in [-0.1, -0.05) is 18.6 Å². The second-order valence-electron chi connectivity index (χ2n) is 8.11. The molecular weight excluding hydrogens is 401 g/mol. The number of nitrogens with zero attached hydrogens (tertiary/aromatic N) is 5. The van der Waals surface area contributed by atoms with E-state index in [0.29, 0.717) is 23.5 Å². The average molecular weight is 434 g/mol. The van der Waals surface area contributed by atoms with E-state index < -0.39 is 12.3 Å². The molecule has 0 aromatic carbocycles. The molecule has 170 valence electrons. The molecule has 1 unspecified atom stereocenters. The van der Waals surface area contributed by atoms with Crippen molar-refractivity contribution < 1.29 is 18.7 Å². The second-order valence-corrected chi connectivity index (χ2v) is 8.11. The average Bonchev–Trinajstić information content (AvgIpc) is 3.14. The summed E-state index contributed by atoms with van der Waals surface area (Å²) in [6.45, 7) is 3.60. The van der Waals surface area contributed by atoms with Crippen LogP contribution in [0.15, 0.2) is 12.1 Å². The van der Waals surface area contributed by atoms with Crippen molar-refractivity contribution in [2.45, 2.75) is 71.3 Å². The van der Waals surface area contributed by atoms with Gasteiger partial charge in [0.15, 0.2) is 0 Å². The standard InChI is InChI=1S/C22H32FN5O3/c1-5-16(23)13-27(3)22(29)30-14-19-21(25-26-28(19)4)18-11-12-20(15(2)24-18)31-17-9-7-6-8-10-17/h11-12,16-17H,5-10,13-14H2,1-4H3. The molecule has 1 aliphatic rings. The molecule has 0 saturated heterocycles. The van der Waals surface area contributed by atoms with Crippen molar-refractivity contribution >= 4 is 6.09 Å². The van der Waals surface area contributed by atoms with Crippen molar-refractivity contribution in [3.8, 4) is 17.1 Å². The topological polar surface area (TPSA) is 82.4 Å². The second kappa shape index (κ2) is 10.5. The van der Waals surface area contributed by atoms with Crippen LogP contribution in [0.5, 0.6) is 5.75 Å². The van der Waals surface area contributed by atoms with E-state index >= 15 is 0 Å². The summed E-state index contributed by atoms with van der Waals surface area (Å²) in [6, 6.07) is 3.76. The minimum Gasteiger partial charge on any atom is -0.489 e. The number of aromatic nitrogens is 4. The van der Waals surface area contributed by atoms with Crippen molar-refractivity contribution in [1.29, 1.82) is 0 Å². The Balaban J connectivity index is 1.68. The molecule has 0 spiro atoms. The number of carbonyl (C=O) groups excluding carboxylic acids is 1. The smallest absolute Gasteiger partial charge is 0.409 e. The lowest BCUT2D eigenvalue weighted by atomic mass is 9.98. The fraction of sp³-hybridized carbons (Fsp3) is 0.636. The highest BCUT2D eigenvalue weighted by molar-refractivity contribution is 5.67. The first-order chi connectivity index (χ1) is 14.9. The largest absolute Gasteiger partial charge is 0.489 e. The number of rotatable bonds is 8. The van der Waals surface area contributed by atoms with Gasteiger partial charge in [-0.15, -0.1) is 5.10 Å². The molecule has 1 aliphatic carbocycles. The Labute approximate surface area is 182 Å². The van der Waals surface area contributed by atoms with Crippen LogP contribution >= 0.6 is 0 Å². The Morgan fingerprint density at radius 3 is 2.74 bits per heavy atom. The minimum atomic E-state index is -1.08. The van der Waals surface area contributed by atoms with Crippen LogP contribution in [0.1, 0.15) is 56.8 Å². The van der Waals surface area contributed by atoms with E-state index in [-0.39, 0.29) is 19.3 Å². The molecule has 0 N–H and O–H groups in total. The van der Waals surface area contributed by atoms with Gasteiger partial charge in [-0.3, -0.25) is 0 Å². The van der Waals surface area contributed by atoms with Crippen LogP contribution in [0.4, 0.5) is 9.18 Å². The van der Waals surface area contributed by atoms with Gasteiger partial charge in [-0.25, -0.2) is 18.9 Å². The lowest BCUT2D eigenvalue weighted by molar-refractivity contribution is 0.0932. The number of hydrogen-bond donors (Lipinski definition) is 0. The predicted octanol–water partition coefficient (Wildman–Crippen LogP) is 4.21. The normalized spacial score (nSPS) is 15.5. The first kappa shape index (κ1) is 23.0. The molecule has 1 saturated carbocycles. The van der Waals surface area contributed by atoms with Crippen molar-refractivity contribution in [2.24, 2.45) is 7.05 Å². The maximum Gasteiger partial charge on any atom is 0.409 e. The number of hydrogen-bond acceptors (Lipinski definition) is 6.